The van der Waals surface area contributed by atoms with Gasteiger partial charge in [0, 0.05) is 25.4 Å². The summed E-state index contributed by atoms with van der Waals surface area (Å²) >= 11 is 0. The molecule has 0 radical (unpaired) electrons. The van der Waals surface area contributed by atoms with Gasteiger partial charge >= 0.3 is 6.61 Å². The number of carbonyl (C=O) groups excluding carboxylic acids is 1. The zero-order chi connectivity index (χ0) is 16.8. The highest BCUT2D eigenvalue weighted by Gasteiger charge is 2.19. The van der Waals surface area contributed by atoms with Crippen molar-refractivity contribution < 1.29 is 18.3 Å². The predicted octanol–water partition coefficient (Wildman–Crippen LogP) is 1.60. The first-order chi connectivity index (χ1) is 11.0. The zero-order valence-corrected chi connectivity index (χ0v) is 12.8. The molecule has 1 aromatic heterocycles. The van der Waals surface area contributed by atoms with Crippen LogP contribution in [0.25, 0.3) is 0 Å². The number of nitrogens with one attached hydrogen (secondary N) is 2. The number of aromatic nitrogens is 2. The van der Waals surface area contributed by atoms with E-state index in [1.54, 1.807) is 43.3 Å². The van der Waals surface area contributed by atoms with Crippen LogP contribution in [0.5, 0.6) is 5.75 Å². The predicted molar refractivity (Wildman–Crippen MR) is 79.9 cm³/mol. The summed E-state index contributed by atoms with van der Waals surface area (Å²) in [6.45, 7) is -2.67. The van der Waals surface area contributed by atoms with Crippen molar-refractivity contribution in [1.82, 2.24) is 20.4 Å². The Morgan fingerprint density at radius 3 is 2.83 bits per heavy atom. The number of likely N-dealkylation sites (N-methyl/N-ethyl adjacent to an activating group) is 1. The number of carbonyl (C=O) groups is 1. The van der Waals surface area contributed by atoms with E-state index in [0.717, 1.165) is 5.56 Å². The van der Waals surface area contributed by atoms with E-state index in [9.17, 15) is 13.6 Å². The maximum atomic E-state index is 12.3. The third-order valence-corrected chi connectivity index (χ3v) is 3.20. The molecule has 2 aromatic rings. The molecule has 1 unspecified atom stereocenters. The Bertz CT molecular complexity index is 660. The van der Waals surface area contributed by atoms with E-state index in [2.05, 4.69) is 20.5 Å². The molecule has 23 heavy (non-hydrogen) atoms. The fraction of sp³-hybridized carbons (Fsp3) is 0.333. The first-order valence-electron chi connectivity index (χ1n) is 6.97. The Kier molecular flexibility index (Phi) is 5.64. The second-order valence-corrected chi connectivity index (χ2v) is 4.91. The quantitative estimate of drug-likeness (QED) is 0.812. The zero-order valence-electron chi connectivity index (χ0n) is 12.8. The van der Waals surface area contributed by atoms with E-state index in [1.165, 1.54) is 12.1 Å². The number of benzene rings is 1. The van der Waals surface area contributed by atoms with E-state index >= 15 is 0 Å². The maximum Gasteiger partial charge on any atom is 0.387 e. The lowest BCUT2D eigenvalue weighted by Crippen LogP contribution is -2.35. The molecule has 0 aliphatic rings. The van der Waals surface area contributed by atoms with E-state index < -0.39 is 12.7 Å². The summed E-state index contributed by atoms with van der Waals surface area (Å²) in [4.78, 5) is 12.3. The van der Waals surface area contributed by atoms with Crippen molar-refractivity contribution in [3.63, 3.8) is 0 Å². The molecule has 0 aliphatic heterocycles. The molecular weight excluding hydrogens is 306 g/mol. The van der Waals surface area contributed by atoms with Gasteiger partial charge in [0.1, 0.15) is 11.8 Å². The molecule has 1 atom stereocenters. The highest BCUT2D eigenvalue weighted by Crippen LogP contribution is 2.16. The Balaban J connectivity index is 1.98. The van der Waals surface area contributed by atoms with Crippen molar-refractivity contribution in [2.24, 2.45) is 7.05 Å². The van der Waals surface area contributed by atoms with Crippen LogP contribution in [0.1, 0.15) is 17.2 Å². The van der Waals surface area contributed by atoms with Gasteiger partial charge < -0.3 is 15.4 Å². The third kappa shape index (κ3) is 4.75. The molecule has 0 aliphatic carbocycles. The van der Waals surface area contributed by atoms with E-state index in [-0.39, 0.29) is 18.2 Å². The van der Waals surface area contributed by atoms with Gasteiger partial charge in [-0.15, -0.1) is 0 Å². The minimum absolute atomic E-state index is 0.0594. The topological polar surface area (TPSA) is 68.2 Å². The molecule has 0 spiro atoms. The first kappa shape index (κ1) is 16.9. The van der Waals surface area contributed by atoms with Gasteiger partial charge in [-0.25, -0.2) is 0 Å². The third-order valence-electron chi connectivity index (χ3n) is 3.20. The average Bonchev–Trinajstić information content (AvgIpc) is 2.92. The monoisotopic (exact) mass is 324 g/mol. The number of hydrogen-bond donors (Lipinski definition) is 2. The summed E-state index contributed by atoms with van der Waals surface area (Å²) in [5.41, 5.74) is 1.40. The molecule has 1 aromatic carbocycles. The van der Waals surface area contributed by atoms with Gasteiger partial charge in [0.15, 0.2) is 0 Å². The molecule has 0 saturated carbocycles. The number of rotatable bonds is 7. The number of nitrogens with zero attached hydrogens (tertiary/aromatic N) is 2. The molecule has 2 N–H and O–H groups in total. The molecule has 1 amide bonds. The van der Waals surface area contributed by atoms with Crippen molar-refractivity contribution >= 4 is 5.91 Å². The van der Waals surface area contributed by atoms with Crippen LogP contribution >= 0.6 is 0 Å². The summed E-state index contributed by atoms with van der Waals surface area (Å²) in [5, 5.41) is 9.71. The van der Waals surface area contributed by atoms with E-state index in [4.69, 9.17) is 0 Å². The average molecular weight is 324 g/mol. The van der Waals surface area contributed by atoms with Gasteiger partial charge in [0.25, 0.3) is 0 Å². The lowest BCUT2D eigenvalue weighted by atomic mass is 10.1. The normalized spacial score (nSPS) is 12.2. The molecule has 6 nitrogen and oxygen atoms in total. The second-order valence-electron chi connectivity index (χ2n) is 4.91. The van der Waals surface area contributed by atoms with Crippen LogP contribution in [-0.2, 0) is 18.4 Å². The Morgan fingerprint density at radius 2 is 2.22 bits per heavy atom. The van der Waals surface area contributed by atoms with Crippen LogP contribution < -0.4 is 15.4 Å². The van der Waals surface area contributed by atoms with E-state index in [1.807, 2.05) is 0 Å². The van der Waals surface area contributed by atoms with Gasteiger partial charge in [-0.3, -0.25) is 9.48 Å². The van der Waals surface area contributed by atoms with Crippen LogP contribution in [0.3, 0.4) is 0 Å². The SMILES string of the molecule is CNC(C(=O)NCc1cccc(OC(F)F)c1)c1cnn(C)c1. The summed E-state index contributed by atoms with van der Waals surface area (Å²) in [7, 11) is 3.44. The van der Waals surface area contributed by atoms with Gasteiger partial charge in [0.05, 0.1) is 6.20 Å². The number of ether oxygens (including phenoxy) is 1. The highest BCUT2D eigenvalue weighted by molar-refractivity contribution is 5.83. The fourth-order valence-corrected chi connectivity index (χ4v) is 2.16. The Labute approximate surface area is 132 Å². The van der Waals surface area contributed by atoms with E-state index in [0.29, 0.717) is 5.56 Å². The van der Waals surface area contributed by atoms with Crippen molar-refractivity contribution in [1.29, 1.82) is 0 Å². The van der Waals surface area contributed by atoms with Crippen LogP contribution in [0.4, 0.5) is 8.78 Å². The van der Waals surface area contributed by atoms with Crippen LogP contribution in [0.2, 0.25) is 0 Å². The Morgan fingerprint density at radius 1 is 1.43 bits per heavy atom. The fourth-order valence-electron chi connectivity index (χ4n) is 2.16. The summed E-state index contributed by atoms with van der Waals surface area (Å²) < 4.78 is 30.3. The van der Waals surface area contributed by atoms with Crippen molar-refractivity contribution in [2.45, 2.75) is 19.2 Å². The molecule has 0 saturated heterocycles. The number of alkyl halides is 2. The van der Waals surface area contributed by atoms with Gasteiger partial charge in [-0.2, -0.15) is 13.9 Å². The summed E-state index contributed by atoms with van der Waals surface area (Å²) in [6, 6.07) is 5.67. The minimum atomic E-state index is -2.88. The lowest BCUT2D eigenvalue weighted by Gasteiger charge is -2.15. The van der Waals surface area contributed by atoms with Crippen molar-refractivity contribution in [3.8, 4) is 5.75 Å². The number of hydrogen-bond acceptors (Lipinski definition) is 4. The van der Waals surface area contributed by atoms with Crippen LogP contribution in [-0.4, -0.2) is 29.3 Å². The molecule has 1 heterocycles. The smallest absolute Gasteiger partial charge is 0.387 e. The summed E-state index contributed by atoms with van der Waals surface area (Å²) in [5.74, 6) is -0.176. The molecule has 2 rings (SSSR count). The molecule has 8 heteroatoms. The number of amides is 1. The van der Waals surface area contributed by atoms with Gasteiger partial charge in [-0.1, -0.05) is 12.1 Å². The van der Waals surface area contributed by atoms with Crippen LogP contribution in [0, 0.1) is 0 Å². The number of aryl methyl sites for hydroxylation is 1. The van der Waals surface area contributed by atoms with Crippen LogP contribution in [0.15, 0.2) is 36.7 Å². The maximum absolute atomic E-state index is 12.3. The Hall–Kier alpha value is -2.48. The largest absolute Gasteiger partial charge is 0.435 e. The molecule has 0 fully saturated rings. The van der Waals surface area contributed by atoms with Crippen molar-refractivity contribution in [2.75, 3.05) is 7.05 Å². The second kappa shape index (κ2) is 7.68. The summed E-state index contributed by atoms with van der Waals surface area (Å²) in [6.07, 6.45) is 3.36. The lowest BCUT2D eigenvalue weighted by molar-refractivity contribution is -0.123. The highest BCUT2D eigenvalue weighted by atomic mass is 19.3. The molecule has 124 valence electrons. The standard InChI is InChI=1S/C15H18F2N4O2/c1-18-13(11-8-20-21(2)9-11)14(22)19-7-10-4-3-5-12(6-10)23-15(16)17/h3-6,8-9,13,15,18H,7H2,1-2H3,(H,19,22). The first-order valence-corrected chi connectivity index (χ1v) is 6.97. The molecular formula is C15H18F2N4O2. The minimum Gasteiger partial charge on any atom is -0.435 e. The number of halogens is 2. The molecule has 0 bridgehead atoms. The van der Waals surface area contributed by atoms with Gasteiger partial charge in [0.2, 0.25) is 5.91 Å². The van der Waals surface area contributed by atoms with Crippen molar-refractivity contribution in [3.05, 3.63) is 47.8 Å². The van der Waals surface area contributed by atoms with Gasteiger partial charge in [-0.05, 0) is 24.7 Å².